The minimum Gasteiger partial charge on any atom is -0.285 e. The maximum absolute atomic E-state index is 12.6. The zero-order chi connectivity index (χ0) is 19.4. The van der Waals surface area contributed by atoms with Crippen LogP contribution in [-0.4, -0.2) is 31.3 Å². The summed E-state index contributed by atoms with van der Waals surface area (Å²) in [5.41, 5.74) is 4.14. The number of nitrogens with zero attached hydrogens (tertiary/aromatic N) is 5. The fourth-order valence-corrected chi connectivity index (χ4v) is 3.38. The van der Waals surface area contributed by atoms with Crippen LogP contribution in [0.1, 0.15) is 32.1 Å². The van der Waals surface area contributed by atoms with E-state index in [-0.39, 0.29) is 5.69 Å². The van der Waals surface area contributed by atoms with Crippen LogP contribution in [0.25, 0.3) is 28.1 Å². The number of hydrogen-bond donors (Lipinski definition) is 0. The number of ketones is 2. The molecule has 0 radical (unpaired) electrons. The lowest BCUT2D eigenvalue weighted by molar-refractivity contribution is 0.0812. The molecule has 0 saturated heterocycles. The number of carbonyl (C=O) groups excluding carboxylic acids is 2. The molecule has 2 heterocycles. The van der Waals surface area contributed by atoms with E-state index in [9.17, 15) is 9.59 Å². The van der Waals surface area contributed by atoms with Crippen molar-refractivity contribution in [2.75, 3.05) is 0 Å². The van der Waals surface area contributed by atoms with Gasteiger partial charge in [-0.15, -0.1) is 0 Å². The number of rotatable bonds is 1. The third kappa shape index (κ3) is 2.12. The predicted molar refractivity (Wildman–Crippen MR) is 100 cm³/mol. The Morgan fingerprint density at radius 1 is 0.893 bits per heavy atom. The quantitative estimate of drug-likeness (QED) is 0.481. The molecule has 0 saturated carbocycles. The second-order valence-electron chi connectivity index (χ2n) is 6.45. The van der Waals surface area contributed by atoms with E-state index in [1.165, 1.54) is 0 Å². The Bertz CT molecular complexity index is 1360. The van der Waals surface area contributed by atoms with Gasteiger partial charge in [-0.2, -0.15) is 10.4 Å². The fraction of sp³-hybridized carbons (Fsp3) is 0.0476. The summed E-state index contributed by atoms with van der Waals surface area (Å²) in [6, 6.07) is 15.9. The Hall–Kier alpha value is -4.18. The first-order valence-electron chi connectivity index (χ1n) is 8.55. The Kier molecular flexibility index (Phi) is 3.24. The summed E-state index contributed by atoms with van der Waals surface area (Å²) < 4.78 is 1.63. The molecule has 1 aliphatic rings. The molecular formula is C21H11N5O2. The van der Waals surface area contributed by atoms with Crippen LogP contribution in [0.2, 0.25) is 0 Å². The van der Waals surface area contributed by atoms with E-state index in [0.29, 0.717) is 39.2 Å². The molecule has 0 spiro atoms. The molecule has 28 heavy (non-hydrogen) atoms. The van der Waals surface area contributed by atoms with Crippen LogP contribution < -0.4 is 0 Å². The van der Waals surface area contributed by atoms with Crippen LogP contribution in [0.4, 0.5) is 0 Å². The lowest BCUT2D eigenvalue weighted by Gasteiger charge is -2.16. The molecule has 0 N–H and O–H groups in total. The highest BCUT2D eigenvalue weighted by atomic mass is 16.2. The van der Waals surface area contributed by atoms with Crippen molar-refractivity contribution >= 4 is 22.7 Å². The summed E-state index contributed by atoms with van der Waals surface area (Å²) in [7, 11) is 0. The predicted octanol–water partition coefficient (Wildman–Crippen LogP) is 3.04. The van der Waals surface area contributed by atoms with Gasteiger partial charge in [0.25, 0.3) is 5.78 Å². The van der Waals surface area contributed by atoms with Crippen molar-refractivity contribution in [2.45, 2.75) is 6.92 Å². The molecule has 132 valence electrons. The number of benzene rings is 2. The lowest BCUT2D eigenvalue weighted by atomic mass is 9.90. The number of carbonyl (C=O) groups is 2. The molecule has 0 atom stereocenters. The van der Waals surface area contributed by atoms with Gasteiger partial charge < -0.3 is 0 Å². The molecule has 2 aromatic heterocycles. The first-order valence-corrected chi connectivity index (χ1v) is 8.55. The van der Waals surface area contributed by atoms with Crippen molar-refractivity contribution in [3.8, 4) is 23.0 Å². The Morgan fingerprint density at radius 2 is 1.61 bits per heavy atom. The minimum atomic E-state index is -0.659. The van der Waals surface area contributed by atoms with Crippen molar-refractivity contribution in [1.82, 2.24) is 19.7 Å². The molecule has 0 unspecified atom stereocenters. The Morgan fingerprint density at radius 3 is 2.32 bits per heavy atom. The van der Waals surface area contributed by atoms with Gasteiger partial charge >= 0.3 is 0 Å². The number of aryl methyl sites for hydroxylation is 1. The zero-order valence-electron chi connectivity index (χ0n) is 14.7. The molecule has 0 aliphatic heterocycles. The van der Waals surface area contributed by atoms with Gasteiger partial charge in [-0.3, -0.25) is 9.59 Å². The molecule has 5 rings (SSSR count). The van der Waals surface area contributed by atoms with E-state index in [1.54, 1.807) is 60.1 Å². The molecule has 1 aliphatic carbocycles. The monoisotopic (exact) mass is 365 g/mol. The van der Waals surface area contributed by atoms with Gasteiger partial charge in [-0.05, 0) is 31.2 Å². The van der Waals surface area contributed by atoms with Crippen molar-refractivity contribution in [3.05, 3.63) is 71.0 Å². The smallest absolute Gasteiger partial charge is 0.254 e. The van der Waals surface area contributed by atoms with Gasteiger partial charge in [0.1, 0.15) is 16.9 Å². The van der Waals surface area contributed by atoms with E-state index >= 15 is 0 Å². The van der Waals surface area contributed by atoms with Crippen LogP contribution >= 0.6 is 0 Å². The van der Waals surface area contributed by atoms with Crippen molar-refractivity contribution in [2.24, 2.45) is 0 Å². The lowest BCUT2D eigenvalue weighted by Crippen LogP contribution is -2.23. The third-order valence-electron chi connectivity index (χ3n) is 4.76. The second kappa shape index (κ2) is 5.66. The summed E-state index contributed by atoms with van der Waals surface area (Å²) in [6.45, 7) is 1.77. The highest BCUT2D eigenvalue weighted by Crippen LogP contribution is 2.33. The summed E-state index contributed by atoms with van der Waals surface area (Å²) in [5.74, 6) is -1.23. The van der Waals surface area contributed by atoms with Gasteiger partial charge in [-0.1, -0.05) is 24.3 Å². The number of nitriles is 1. The highest BCUT2D eigenvalue weighted by Gasteiger charge is 2.33. The average Bonchev–Trinajstić information content (AvgIpc) is 3.07. The number of Topliss-reactive ketones (excluding diaryl/α,β-unsaturated/α-hetero) is 2. The largest absolute Gasteiger partial charge is 0.285 e. The number of hydrogen-bond acceptors (Lipinski definition) is 6. The molecular weight excluding hydrogens is 354 g/mol. The normalized spacial score (nSPS) is 12.6. The first kappa shape index (κ1) is 16.0. The molecule has 4 aromatic rings. The Balaban J connectivity index is 1.81. The van der Waals surface area contributed by atoms with Crippen LogP contribution in [0.3, 0.4) is 0 Å². The maximum Gasteiger partial charge on any atom is 0.254 e. The summed E-state index contributed by atoms with van der Waals surface area (Å²) in [4.78, 5) is 34.1. The SMILES string of the molecule is Cc1nn(-c2ccc(C#N)cc2)c2nc3c(nc12)C(=O)C(=O)c1ccccc1-3. The van der Waals surface area contributed by atoms with Gasteiger partial charge in [0.05, 0.1) is 23.0 Å². The van der Waals surface area contributed by atoms with Gasteiger partial charge in [-0.25, -0.2) is 14.6 Å². The van der Waals surface area contributed by atoms with Gasteiger partial charge in [0.2, 0.25) is 5.78 Å². The molecule has 2 aromatic carbocycles. The average molecular weight is 365 g/mol. The van der Waals surface area contributed by atoms with E-state index in [0.717, 1.165) is 5.69 Å². The molecule has 0 fully saturated rings. The van der Waals surface area contributed by atoms with E-state index in [2.05, 4.69) is 21.1 Å². The zero-order valence-corrected chi connectivity index (χ0v) is 14.7. The van der Waals surface area contributed by atoms with E-state index < -0.39 is 11.6 Å². The summed E-state index contributed by atoms with van der Waals surface area (Å²) in [6.07, 6.45) is 0. The summed E-state index contributed by atoms with van der Waals surface area (Å²) in [5, 5.41) is 13.5. The van der Waals surface area contributed by atoms with Crippen LogP contribution in [0.5, 0.6) is 0 Å². The maximum atomic E-state index is 12.6. The van der Waals surface area contributed by atoms with Gasteiger partial charge in [0.15, 0.2) is 5.65 Å². The standard InChI is InChI=1S/C21H11N5O2/c1-11-16-21(26(25-11)13-8-6-12(10-22)7-9-13)24-17-14-4-2-3-5-15(14)19(27)20(28)18(17)23-16/h2-9H,1H3. The van der Waals surface area contributed by atoms with E-state index in [1.807, 2.05) is 0 Å². The van der Waals surface area contributed by atoms with Gasteiger partial charge in [0, 0.05) is 11.1 Å². The van der Waals surface area contributed by atoms with Crippen LogP contribution in [0, 0.1) is 18.3 Å². The highest BCUT2D eigenvalue weighted by molar-refractivity contribution is 6.52. The number of fused-ring (bicyclic) bond motifs is 4. The van der Waals surface area contributed by atoms with E-state index in [4.69, 9.17) is 5.26 Å². The van der Waals surface area contributed by atoms with Crippen LogP contribution in [-0.2, 0) is 0 Å². The third-order valence-corrected chi connectivity index (χ3v) is 4.76. The number of aromatic nitrogens is 4. The first-order chi connectivity index (χ1) is 13.6. The Labute approximate surface area is 158 Å². The molecule has 0 bridgehead atoms. The van der Waals surface area contributed by atoms with Crippen molar-refractivity contribution < 1.29 is 9.59 Å². The van der Waals surface area contributed by atoms with Crippen molar-refractivity contribution in [3.63, 3.8) is 0 Å². The van der Waals surface area contributed by atoms with Crippen molar-refractivity contribution in [1.29, 1.82) is 5.26 Å². The molecule has 0 amide bonds. The fourth-order valence-electron chi connectivity index (χ4n) is 3.38. The van der Waals surface area contributed by atoms with Crippen LogP contribution in [0.15, 0.2) is 48.5 Å². The topological polar surface area (TPSA) is 102 Å². The second-order valence-corrected chi connectivity index (χ2v) is 6.45. The molecule has 7 heteroatoms. The minimum absolute atomic E-state index is 0.0543. The summed E-state index contributed by atoms with van der Waals surface area (Å²) >= 11 is 0. The molecule has 7 nitrogen and oxygen atoms in total.